The van der Waals surface area contributed by atoms with E-state index in [1.807, 2.05) is 0 Å². The van der Waals surface area contributed by atoms with Crippen molar-refractivity contribution in [1.82, 2.24) is 10.2 Å². The lowest BCUT2D eigenvalue weighted by molar-refractivity contribution is 0.257. The second-order valence-electron chi connectivity index (χ2n) is 3.29. The number of nitrogens with one attached hydrogen (secondary N) is 1. The Bertz CT molecular complexity index is 221. The summed E-state index contributed by atoms with van der Waals surface area (Å²) in [7, 11) is 2.09. The largest absolute Gasteiger partial charge is 0.369 e. The zero-order valence-corrected chi connectivity index (χ0v) is 7.82. The molecule has 1 fully saturated rings. The second kappa shape index (κ2) is 4.67. The summed E-state index contributed by atoms with van der Waals surface area (Å²) in [6, 6.07) is 0.275. The fourth-order valence-electron chi connectivity index (χ4n) is 1.41. The van der Waals surface area contributed by atoms with Crippen LogP contribution in [0.1, 0.15) is 12.8 Å². The standard InChI is InChI=1S/C8H15N5/c1-13-4-2-7(3-5-13)12-8(10)11-6-9/h7H,2-5H2,1H3,(H3,10,11,12). The molecule has 3 N–H and O–H groups in total. The van der Waals surface area contributed by atoms with Crippen LogP contribution >= 0.6 is 0 Å². The SMILES string of the molecule is CN1CCC(N=C(N)NC#N)CC1. The second-order valence-corrected chi connectivity index (χ2v) is 3.29. The van der Waals surface area contributed by atoms with Gasteiger partial charge in [0.1, 0.15) is 0 Å². The molecule has 0 amide bonds. The highest BCUT2D eigenvalue weighted by molar-refractivity contribution is 5.79. The van der Waals surface area contributed by atoms with Gasteiger partial charge in [-0.1, -0.05) is 0 Å². The smallest absolute Gasteiger partial charge is 0.202 e. The first-order valence-electron chi connectivity index (χ1n) is 4.39. The van der Waals surface area contributed by atoms with E-state index in [-0.39, 0.29) is 12.0 Å². The van der Waals surface area contributed by atoms with Crippen LogP contribution < -0.4 is 11.1 Å². The summed E-state index contributed by atoms with van der Waals surface area (Å²) in [6.07, 6.45) is 3.79. The Hall–Kier alpha value is -1.28. The van der Waals surface area contributed by atoms with E-state index in [1.165, 1.54) is 0 Å². The zero-order valence-electron chi connectivity index (χ0n) is 7.82. The number of hydrogen-bond donors (Lipinski definition) is 2. The lowest BCUT2D eigenvalue weighted by atomic mass is 10.1. The van der Waals surface area contributed by atoms with E-state index in [0.717, 1.165) is 25.9 Å². The van der Waals surface area contributed by atoms with Crippen molar-refractivity contribution in [3.63, 3.8) is 0 Å². The van der Waals surface area contributed by atoms with Crippen LogP contribution in [0.25, 0.3) is 0 Å². The molecule has 1 aliphatic rings. The van der Waals surface area contributed by atoms with Crippen molar-refractivity contribution in [2.24, 2.45) is 10.7 Å². The van der Waals surface area contributed by atoms with E-state index in [2.05, 4.69) is 22.3 Å². The summed E-state index contributed by atoms with van der Waals surface area (Å²) in [5, 5.41) is 10.6. The summed E-state index contributed by atoms with van der Waals surface area (Å²) in [5.74, 6) is 0.233. The molecule has 0 unspecified atom stereocenters. The van der Waals surface area contributed by atoms with Crippen molar-refractivity contribution in [3.05, 3.63) is 0 Å². The molecule has 1 aliphatic heterocycles. The van der Waals surface area contributed by atoms with Gasteiger partial charge in [-0.15, -0.1) is 0 Å². The molecule has 0 aliphatic carbocycles. The Balaban J connectivity index is 2.37. The van der Waals surface area contributed by atoms with Crippen molar-refractivity contribution in [3.8, 4) is 6.19 Å². The van der Waals surface area contributed by atoms with Gasteiger partial charge in [0.25, 0.3) is 0 Å². The third-order valence-corrected chi connectivity index (χ3v) is 2.19. The van der Waals surface area contributed by atoms with Gasteiger partial charge in [0.2, 0.25) is 5.96 Å². The summed E-state index contributed by atoms with van der Waals surface area (Å²) in [4.78, 5) is 6.46. The lowest BCUT2D eigenvalue weighted by Crippen LogP contribution is -2.35. The first-order chi connectivity index (χ1) is 6.22. The molecule has 0 aromatic carbocycles. The molecular formula is C8H15N5. The molecule has 5 heteroatoms. The third-order valence-electron chi connectivity index (χ3n) is 2.19. The number of nitrogens with two attached hydrogens (primary N) is 1. The van der Waals surface area contributed by atoms with E-state index in [0.29, 0.717) is 0 Å². The van der Waals surface area contributed by atoms with Gasteiger partial charge >= 0.3 is 0 Å². The van der Waals surface area contributed by atoms with Crippen LogP contribution in [0.3, 0.4) is 0 Å². The van der Waals surface area contributed by atoms with Crippen molar-refractivity contribution in [2.75, 3.05) is 20.1 Å². The Morgan fingerprint density at radius 3 is 2.77 bits per heavy atom. The van der Waals surface area contributed by atoms with Crippen molar-refractivity contribution in [2.45, 2.75) is 18.9 Å². The van der Waals surface area contributed by atoms with Crippen LogP contribution in [0.5, 0.6) is 0 Å². The van der Waals surface area contributed by atoms with Crippen LogP contribution in [-0.4, -0.2) is 37.0 Å². The minimum absolute atomic E-state index is 0.233. The van der Waals surface area contributed by atoms with E-state index in [4.69, 9.17) is 11.0 Å². The molecule has 5 nitrogen and oxygen atoms in total. The fraction of sp³-hybridized carbons (Fsp3) is 0.750. The highest BCUT2D eigenvalue weighted by Gasteiger charge is 2.15. The average Bonchev–Trinajstić information content (AvgIpc) is 2.09. The molecule has 0 bridgehead atoms. The fourth-order valence-corrected chi connectivity index (χ4v) is 1.41. The van der Waals surface area contributed by atoms with Crippen LogP contribution in [0.2, 0.25) is 0 Å². The molecule has 0 atom stereocenters. The van der Waals surface area contributed by atoms with Gasteiger partial charge in [-0.05, 0) is 33.0 Å². The number of likely N-dealkylation sites (tertiary alicyclic amines) is 1. The van der Waals surface area contributed by atoms with Gasteiger partial charge in [-0.25, -0.2) is 4.99 Å². The molecule has 1 heterocycles. The number of aliphatic imine (C=N–C) groups is 1. The zero-order chi connectivity index (χ0) is 9.68. The van der Waals surface area contributed by atoms with Crippen LogP contribution in [0, 0.1) is 11.5 Å². The van der Waals surface area contributed by atoms with Gasteiger partial charge < -0.3 is 10.6 Å². The monoisotopic (exact) mass is 181 g/mol. The summed E-state index contributed by atoms with van der Waals surface area (Å²) in [5.41, 5.74) is 5.45. The topological polar surface area (TPSA) is 77.4 Å². The van der Waals surface area contributed by atoms with Gasteiger partial charge in [0, 0.05) is 0 Å². The Labute approximate surface area is 78.2 Å². The van der Waals surface area contributed by atoms with Crippen molar-refractivity contribution < 1.29 is 0 Å². The van der Waals surface area contributed by atoms with E-state index in [9.17, 15) is 0 Å². The maximum absolute atomic E-state index is 8.28. The number of piperidine rings is 1. The van der Waals surface area contributed by atoms with Crippen LogP contribution in [0.15, 0.2) is 4.99 Å². The predicted molar refractivity (Wildman–Crippen MR) is 50.9 cm³/mol. The number of hydrogen-bond acceptors (Lipinski definition) is 3. The van der Waals surface area contributed by atoms with Crippen LogP contribution in [-0.2, 0) is 0 Å². The van der Waals surface area contributed by atoms with Crippen molar-refractivity contribution >= 4 is 5.96 Å². The Morgan fingerprint density at radius 2 is 2.23 bits per heavy atom. The van der Waals surface area contributed by atoms with Gasteiger partial charge in [-0.3, -0.25) is 5.32 Å². The molecule has 72 valence electrons. The maximum atomic E-state index is 8.28. The molecule has 0 aromatic heterocycles. The molecular weight excluding hydrogens is 166 g/mol. The highest BCUT2D eigenvalue weighted by atomic mass is 15.1. The summed E-state index contributed by atoms with van der Waals surface area (Å²) >= 11 is 0. The maximum Gasteiger partial charge on any atom is 0.202 e. The first-order valence-corrected chi connectivity index (χ1v) is 4.39. The van der Waals surface area contributed by atoms with Crippen LogP contribution in [0.4, 0.5) is 0 Å². The molecule has 1 saturated heterocycles. The molecule has 0 aromatic rings. The number of rotatable bonds is 1. The molecule has 1 rings (SSSR count). The number of nitriles is 1. The third kappa shape index (κ3) is 3.30. The summed E-state index contributed by atoms with van der Waals surface area (Å²) in [6.45, 7) is 2.10. The minimum atomic E-state index is 0.233. The van der Waals surface area contributed by atoms with Crippen molar-refractivity contribution in [1.29, 1.82) is 5.26 Å². The average molecular weight is 181 g/mol. The van der Waals surface area contributed by atoms with Gasteiger partial charge in [0.05, 0.1) is 6.04 Å². The van der Waals surface area contributed by atoms with E-state index >= 15 is 0 Å². The Kier molecular flexibility index (Phi) is 3.53. The quantitative estimate of drug-likeness (QED) is 0.247. The van der Waals surface area contributed by atoms with Gasteiger partial charge in [0.15, 0.2) is 6.19 Å². The number of nitrogens with zero attached hydrogens (tertiary/aromatic N) is 3. The number of guanidine groups is 1. The Morgan fingerprint density at radius 1 is 1.62 bits per heavy atom. The first kappa shape index (κ1) is 9.81. The minimum Gasteiger partial charge on any atom is -0.369 e. The molecule has 0 radical (unpaired) electrons. The predicted octanol–water partition coefficient (Wildman–Crippen LogP) is -0.534. The molecule has 0 saturated carbocycles. The lowest BCUT2D eigenvalue weighted by Gasteiger charge is -2.26. The highest BCUT2D eigenvalue weighted by Crippen LogP contribution is 2.11. The van der Waals surface area contributed by atoms with E-state index < -0.39 is 0 Å². The van der Waals surface area contributed by atoms with Gasteiger partial charge in [-0.2, -0.15) is 5.26 Å². The normalized spacial score (nSPS) is 21.1. The molecule has 13 heavy (non-hydrogen) atoms. The van der Waals surface area contributed by atoms with E-state index in [1.54, 1.807) is 6.19 Å². The molecule has 0 spiro atoms. The summed E-state index contributed by atoms with van der Waals surface area (Å²) < 4.78 is 0.